The fraction of sp³-hybridized carbons (Fsp3) is 0.462. The topological polar surface area (TPSA) is 79.6 Å². The van der Waals surface area contributed by atoms with Gasteiger partial charge in [0, 0.05) is 25.2 Å². The fourth-order valence-corrected chi connectivity index (χ4v) is 1.48. The van der Waals surface area contributed by atoms with Crippen LogP contribution in [0.25, 0.3) is 0 Å². The molecule has 0 unspecified atom stereocenters. The van der Waals surface area contributed by atoms with E-state index in [0.29, 0.717) is 6.54 Å². The van der Waals surface area contributed by atoms with E-state index in [1.54, 1.807) is 12.1 Å². The number of nitro benzene ring substituents is 1. The average Bonchev–Trinajstić information content (AvgIpc) is 2.42. The summed E-state index contributed by atoms with van der Waals surface area (Å²) in [6.07, 6.45) is 1.03. The maximum Gasteiger partial charge on any atom is 0.269 e. The molecule has 0 bridgehead atoms. The number of nitro groups is 1. The number of nitrogens with zero attached hydrogens (tertiary/aromatic N) is 2. The summed E-state index contributed by atoms with van der Waals surface area (Å²) in [5.41, 5.74) is 1.04. The molecule has 0 radical (unpaired) electrons. The van der Waals surface area contributed by atoms with Crippen molar-refractivity contribution in [2.45, 2.75) is 26.8 Å². The monoisotopic (exact) mass is 264 g/mol. The summed E-state index contributed by atoms with van der Waals surface area (Å²) < 4.78 is 0. The number of hydrogen-bond donors (Lipinski definition) is 2. The van der Waals surface area contributed by atoms with Crippen LogP contribution in [0.15, 0.2) is 29.3 Å². The maximum atomic E-state index is 10.5. The van der Waals surface area contributed by atoms with Crippen LogP contribution in [-0.4, -0.2) is 24.0 Å². The molecule has 6 nitrogen and oxygen atoms in total. The van der Waals surface area contributed by atoms with Gasteiger partial charge in [0.15, 0.2) is 5.96 Å². The van der Waals surface area contributed by atoms with Crippen LogP contribution < -0.4 is 10.6 Å². The normalized spacial score (nSPS) is 11.2. The summed E-state index contributed by atoms with van der Waals surface area (Å²) in [6.45, 7) is 6.26. The highest BCUT2D eigenvalue weighted by Gasteiger charge is 2.03. The van der Waals surface area contributed by atoms with Crippen molar-refractivity contribution >= 4 is 11.6 Å². The van der Waals surface area contributed by atoms with E-state index < -0.39 is 4.92 Å². The second kappa shape index (κ2) is 8.07. The Balaban J connectivity index is 2.63. The summed E-state index contributed by atoms with van der Waals surface area (Å²) in [7, 11) is 0. The van der Waals surface area contributed by atoms with Crippen LogP contribution in [0, 0.1) is 10.1 Å². The smallest absolute Gasteiger partial charge is 0.269 e. The highest BCUT2D eigenvalue weighted by molar-refractivity contribution is 5.79. The van der Waals surface area contributed by atoms with Gasteiger partial charge < -0.3 is 10.6 Å². The van der Waals surface area contributed by atoms with E-state index in [9.17, 15) is 10.1 Å². The zero-order chi connectivity index (χ0) is 14.1. The van der Waals surface area contributed by atoms with Crippen molar-refractivity contribution in [2.24, 2.45) is 4.99 Å². The highest BCUT2D eigenvalue weighted by atomic mass is 16.6. The molecule has 0 aliphatic heterocycles. The van der Waals surface area contributed by atoms with E-state index in [4.69, 9.17) is 0 Å². The molecule has 0 heterocycles. The Morgan fingerprint density at radius 2 is 1.95 bits per heavy atom. The fourth-order valence-electron chi connectivity index (χ4n) is 1.48. The summed E-state index contributed by atoms with van der Waals surface area (Å²) >= 11 is 0. The summed E-state index contributed by atoms with van der Waals surface area (Å²) in [5, 5.41) is 16.9. The minimum absolute atomic E-state index is 0.101. The first-order chi connectivity index (χ1) is 9.17. The Kier molecular flexibility index (Phi) is 6.35. The maximum absolute atomic E-state index is 10.5. The Hall–Kier alpha value is -2.11. The lowest BCUT2D eigenvalue weighted by atomic mass is 10.2. The standard InChI is InChI=1S/C13H20N4O2/c1-3-9-15-13(14-4-2)16-10-11-5-7-12(8-6-11)17(18)19/h5-8H,3-4,9-10H2,1-2H3,(H2,14,15,16). The lowest BCUT2D eigenvalue weighted by Crippen LogP contribution is -2.37. The average molecular weight is 264 g/mol. The largest absolute Gasteiger partial charge is 0.357 e. The zero-order valence-corrected chi connectivity index (χ0v) is 11.3. The van der Waals surface area contributed by atoms with E-state index >= 15 is 0 Å². The number of rotatable bonds is 6. The van der Waals surface area contributed by atoms with Gasteiger partial charge in [-0.3, -0.25) is 10.1 Å². The molecule has 1 rings (SSSR count). The molecule has 0 spiro atoms. The third-order valence-corrected chi connectivity index (χ3v) is 2.45. The number of benzene rings is 1. The molecule has 6 heteroatoms. The molecule has 0 saturated heterocycles. The van der Waals surface area contributed by atoms with E-state index in [0.717, 1.165) is 31.0 Å². The molecule has 0 amide bonds. The van der Waals surface area contributed by atoms with E-state index in [-0.39, 0.29) is 5.69 Å². The van der Waals surface area contributed by atoms with Crippen LogP contribution in [0.5, 0.6) is 0 Å². The van der Waals surface area contributed by atoms with E-state index in [1.165, 1.54) is 12.1 Å². The number of hydrogen-bond acceptors (Lipinski definition) is 3. The second-order valence-corrected chi connectivity index (χ2v) is 4.05. The van der Waals surface area contributed by atoms with Crippen LogP contribution in [0.3, 0.4) is 0 Å². The predicted molar refractivity (Wildman–Crippen MR) is 76.2 cm³/mol. The number of non-ortho nitro benzene ring substituents is 1. The van der Waals surface area contributed by atoms with Crippen molar-refractivity contribution in [3.05, 3.63) is 39.9 Å². The predicted octanol–water partition coefficient (Wildman–Crippen LogP) is 2.06. The minimum Gasteiger partial charge on any atom is -0.357 e. The molecule has 19 heavy (non-hydrogen) atoms. The summed E-state index contributed by atoms with van der Waals surface area (Å²) in [6, 6.07) is 6.45. The molecular weight excluding hydrogens is 244 g/mol. The van der Waals surface area contributed by atoms with Crippen molar-refractivity contribution in [3.63, 3.8) is 0 Å². The zero-order valence-electron chi connectivity index (χ0n) is 11.3. The van der Waals surface area contributed by atoms with E-state index in [1.807, 2.05) is 6.92 Å². The summed E-state index contributed by atoms with van der Waals surface area (Å²) in [5.74, 6) is 0.766. The van der Waals surface area contributed by atoms with Gasteiger partial charge in [0.05, 0.1) is 11.5 Å². The van der Waals surface area contributed by atoms with E-state index in [2.05, 4.69) is 22.5 Å². The first kappa shape index (κ1) is 14.9. The van der Waals surface area contributed by atoms with Gasteiger partial charge in [-0.1, -0.05) is 19.1 Å². The molecule has 104 valence electrons. The molecule has 0 atom stereocenters. The number of nitrogens with one attached hydrogen (secondary N) is 2. The number of aliphatic imine (C=N–C) groups is 1. The van der Waals surface area contributed by atoms with Crippen LogP contribution >= 0.6 is 0 Å². The molecule has 1 aromatic carbocycles. The van der Waals surface area contributed by atoms with Gasteiger partial charge in [-0.15, -0.1) is 0 Å². The Morgan fingerprint density at radius 3 is 2.47 bits per heavy atom. The highest BCUT2D eigenvalue weighted by Crippen LogP contribution is 2.12. The Bertz CT molecular complexity index is 429. The van der Waals surface area contributed by atoms with Crippen molar-refractivity contribution in [1.82, 2.24) is 10.6 Å². The lowest BCUT2D eigenvalue weighted by Gasteiger charge is -2.10. The molecule has 0 aliphatic carbocycles. The van der Waals surface area contributed by atoms with Gasteiger partial charge in [0.25, 0.3) is 5.69 Å². The summed E-state index contributed by atoms with van der Waals surface area (Å²) in [4.78, 5) is 14.6. The third kappa shape index (κ3) is 5.37. The van der Waals surface area contributed by atoms with Crippen molar-refractivity contribution < 1.29 is 4.92 Å². The molecule has 0 saturated carbocycles. The second-order valence-electron chi connectivity index (χ2n) is 4.05. The van der Waals surface area contributed by atoms with Gasteiger partial charge >= 0.3 is 0 Å². The Labute approximate surface area is 113 Å². The molecular formula is C13H20N4O2. The van der Waals surface area contributed by atoms with Gasteiger partial charge in [0.1, 0.15) is 0 Å². The molecule has 1 aromatic rings. The minimum atomic E-state index is -0.403. The Morgan fingerprint density at radius 1 is 1.26 bits per heavy atom. The van der Waals surface area contributed by atoms with Gasteiger partial charge in [-0.2, -0.15) is 0 Å². The first-order valence-corrected chi connectivity index (χ1v) is 6.42. The van der Waals surface area contributed by atoms with Crippen LogP contribution in [0.1, 0.15) is 25.8 Å². The van der Waals surface area contributed by atoms with Gasteiger partial charge in [0.2, 0.25) is 0 Å². The molecule has 2 N–H and O–H groups in total. The van der Waals surface area contributed by atoms with Crippen LogP contribution in [0.2, 0.25) is 0 Å². The van der Waals surface area contributed by atoms with Gasteiger partial charge in [-0.25, -0.2) is 4.99 Å². The molecule has 0 aromatic heterocycles. The van der Waals surface area contributed by atoms with Crippen LogP contribution in [-0.2, 0) is 6.54 Å². The SMILES string of the molecule is CCCNC(=NCc1ccc([N+](=O)[O-])cc1)NCC. The molecule has 0 aliphatic rings. The lowest BCUT2D eigenvalue weighted by molar-refractivity contribution is -0.384. The third-order valence-electron chi connectivity index (χ3n) is 2.45. The van der Waals surface area contributed by atoms with Crippen molar-refractivity contribution in [2.75, 3.05) is 13.1 Å². The van der Waals surface area contributed by atoms with Crippen molar-refractivity contribution in [1.29, 1.82) is 0 Å². The quantitative estimate of drug-likeness (QED) is 0.357. The number of guanidine groups is 1. The van der Waals surface area contributed by atoms with Crippen molar-refractivity contribution in [3.8, 4) is 0 Å². The van der Waals surface area contributed by atoms with Crippen LogP contribution in [0.4, 0.5) is 5.69 Å². The van der Waals surface area contributed by atoms with Gasteiger partial charge in [-0.05, 0) is 18.9 Å². The molecule has 0 fully saturated rings. The first-order valence-electron chi connectivity index (χ1n) is 6.42.